The Morgan fingerprint density at radius 2 is 1.59 bits per heavy atom. The van der Waals surface area contributed by atoms with Gasteiger partial charge in [-0.15, -0.1) is 0 Å². The fourth-order valence-corrected chi connectivity index (χ4v) is 2.96. The maximum absolute atomic E-state index is 5.66. The first-order valence-electron chi connectivity index (χ1n) is 6.71. The van der Waals surface area contributed by atoms with Crippen molar-refractivity contribution in [2.45, 2.75) is 57.8 Å². The Morgan fingerprint density at radius 3 is 2.18 bits per heavy atom. The lowest BCUT2D eigenvalue weighted by Gasteiger charge is -2.42. The van der Waals surface area contributed by atoms with Gasteiger partial charge in [-0.3, -0.25) is 0 Å². The van der Waals surface area contributed by atoms with Crippen LogP contribution in [-0.2, 0) is 17.3 Å². The van der Waals surface area contributed by atoms with Gasteiger partial charge >= 0.3 is 0 Å². The van der Waals surface area contributed by atoms with E-state index in [1.165, 1.54) is 24.0 Å². The molecule has 0 unspecified atom stereocenters. The molecule has 0 bridgehead atoms. The van der Waals surface area contributed by atoms with Crippen molar-refractivity contribution in [2.24, 2.45) is 5.73 Å². The van der Waals surface area contributed by atoms with Gasteiger partial charge in [0.2, 0.25) is 0 Å². The Hall–Kier alpha value is -0.820. The molecule has 0 radical (unpaired) electrons. The summed E-state index contributed by atoms with van der Waals surface area (Å²) in [4.78, 5) is 0. The van der Waals surface area contributed by atoms with Gasteiger partial charge in [-0.2, -0.15) is 0 Å². The van der Waals surface area contributed by atoms with E-state index < -0.39 is 0 Å². The van der Waals surface area contributed by atoms with Crippen LogP contribution in [0.5, 0.6) is 0 Å². The third kappa shape index (κ3) is 2.26. The summed E-state index contributed by atoms with van der Waals surface area (Å²) in [6.45, 7) is 10.2. The lowest BCUT2D eigenvalue weighted by atomic mass is 9.63. The average molecular weight is 231 g/mol. The van der Waals surface area contributed by atoms with Gasteiger partial charge in [-0.25, -0.2) is 0 Å². The van der Waals surface area contributed by atoms with Crippen LogP contribution in [0, 0.1) is 0 Å². The van der Waals surface area contributed by atoms with Gasteiger partial charge < -0.3 is 5.73 Å². The molecule has 0 fully saturated rings. The third-order valence-electron chi connectivity index (χ3n) is 4.35. The Balaban J connectivity index is 2.52. The molecule has 0 aromatic heterocycles. The highest BCUT2D eigenvalue weighted by molar-refractivity contribution is 5.43. The summed E-state index contributed by atoms with van der Waals surface area (Å²) in [6.07, 6.45) is 3.55. The van der Waals surface area contributed by atoms with Gasteiger partial charge in [-0.1, -0.05) is 45.9 Å². The van der Waals surface area contributed by atoms with Crippen LogP contribution in [0.2, 0.25) is 0 Å². The van der Waals surface area contributed by atoms with Crippen molar-refractivity contribution in [1.29, 1.82) is 0 Å². The topological polar surface area (TPSA) is 26.0 Å². The molecule has 0 heterocycles. The van der Waals surface area contributed by atoms with Crippen molar-refractivity contribution in [3.05, 3.63) is 34.9 Å². The van der Waals surface area contributed by atoms with Crippen LogP contribution in [0.4, 0.5) is 0 Å². The van der Waals surface area contributed by atoms with Crippen LogP contribution in [0.15, 0.2) is 18.2 Å². The Labute approximate surface area is 105 Å². The van der Waals surface area contributed by atoms with Crippen LogP contribution in [0.25, 0.3) is 0 Å². The minimum absolute atomic E-state index is 0.315. The number of rotatable bonds is 2. The highest BCUT2D eigenvalue weighted by Gasteiger charge is 2.36. The second-order valence-electron chi connectivity index (χ2n) is 6.69. The summed E-state index contributed by atoms with van der Waals surface area (Å²) in [6, 6.07) is 6.99. The molecule has 1 aliphatic carbocycles. The lowest BCUT2D eigenvalue weighted by Crippen LogP contribution is -2.33. The summed E-state index contributed by atoms with van der Waals surface area (Å²) in [5.41, 5.74) is 10.8. The Bertz CT molecular complexity index is 416. The Morgan fingerprint density at radius 1 is 1.00 bits per heavy atom. The SMILES string of the molecule is CC1(C)CCC(C)(C)c2cc(CCN)ccc21. The van der Waals surface area contributed by atoms with Crippen LogP contribution >= 0.6 is 0 Å². The lowest BCUT2D eigenvalue weighted by molar-refractivity contribution is 0.331. The summed E-state index contributed by atoms with van der Waals surface area (Å²) >= 11 is 0. The molecule has 1 nitrogen and oxygen atoms in total. The predicted molar refractivity (Wildman–Crippen MR) is 74.5 cm³/mol. The predicted octanol–water partition coefficient (Wildman–Crippen LogP) is 3.54. The molecular weight excluding hydrogens is 206 g/mol. The van der Waals surface area contributed by atoms with E-state index in [9.17, 15) is 0 Å². The highest BCUT2D eigenvalue weighted by Crippen LogP contribution is 2.45. The summed E-state index contributed by atoms with van der Waals surface area (Å²) in [7, 11) is 0. The van der Waals surface area contributed by atoms with Gasteiger partial charge in [-0.05, 0) is 53.3 Å². The minimum Gasteiger partial charge on any atom is -0.330 e. The summed E-state index contributed by atoms with van der Waals surface area (Å²) in [5, 5.41) is 0. The first-order chi connectivity index (χ1) is 7.87. The monoisotopic (exact) mass is 231 g/mol. The van der Waals surface area contributed by atoms with Gasteiger partial charge in [0.15, 0.2) is 0 Å². The van der Waals surface area contributed by atoms with E-state index in [1.54, 1.807) is 5.56 Å². The highest BCUT2D eigenvalue weighted by atomic mass is 14.5. The van der Waals surface area contributed by atoms with Gasteiger partial charge in [0.25, 0.3) is 0 Å². The Kier molecular flexibility index (Phi) is 3.07. The van der Waals surface area contributed by atoms with E-state index in [4.69, 9.17) is 5.73 Å². The maximum Gasteiger partial charge on any atom is -0.00367 e. The first kappa shape index (κ1) is 12.6. The molecule has 17 heavy (non-hydrogen) atoms. The minimum atomic E-state index is 0.315. The second kappa shape index (κ2) is 4.13. The molecule has 1 aromatic carbocycles. The number of fused-ring (bicyclic) bond motifs is 1. The number of nitrogens with two attached hydrogens (primary N) is 1. The smallest absolute Gasteiger partial charge is 0.00367 e. The van der Waals surface area contributed by atoms with Crippen molar-refractivity contribution in [3.8, 4) is 0 Å². The molecule has 0 spiro atoms. The molecule has 94 valence electrons. The van der Waals surface area contributed by atoms with Crippen molar-refractivity contribution in [3.63, 3.8) is 0 Å². The average Bonchev–Trinajstić information content (AvgIpc) is 2.26. The van der Waals surface area contributed by atoms with Gasteiger partial charge in [0.1, 0.15) is 0 Å². The van der Waals surface area contributed by atoms with Crippen LogP contribution < -0.4 is 5.73 Å². The normalized spacial score (nSPS) is 21.0. The quantitative estimate of drug-likeness (QED) is 0.828. The van der Waals surface area contributed by atoms with Crippen molar-refractivity contribution in [1.82, 2.24) is 0 Å². The van der Waals surface area contributed by atoms with E-state index in [0.717, 1.165) is 13.0 Å². The van der Waals surface area contributed by atoms with E-state index in [0.29, 0.717) is 10.8 Å². The number of hydrogen-bond acceptors (Lipinski definition) is 1. The number of benzene rings is 1. The molecular formula is C16H25N. The molecule has 2 rings (SSSR count). The van der Waals surface area contributed by atoms with E-state index in [2.05, 4.69) is 45.9 Å². The van der Waals surface area contributed by atoms with Crippen molar-refractivity contribution >= 4 is 0 Å². The largest absolute Gasteiger partial charge is 0.330 e. The van der Waals surface area contributed by atoms with Crippen molar-refractivity contribution < 1.29 is 0 Å². The zero-order chi connectivity index (χ0) is 12.7. The summed E-state index contributed by atoms with van der Waals surface area (Å²) < 4.78 is 0. The molecule has 0 saturated heterocycles. The molecule has 1 heteroatoms. The van der Waals surface area contributed by atoms with E-state index in [-0.39, 0.29) is 0 Å². The molecule has 2 N–H and O–H groups in total. The zero-order valence-electron chi connectivity index (χ0n) is 11.6. The molecule has 0 amide bonds. The molecule has 0 atom stereocenters. The van der Waals surface area contributed by atoms with Crippen LogP contribution in [0.1, 0.15) is 57.2 Å². The maximum atomic E-state index is 5.66. The van der Waals surface area contributed by atoms with Gasteiger partial charge in [0, 0.05) is 0 Å². The summed E-state index contributed by atoms with van der Waals surface area (Å²) in [5.74, 6) is 0. The second-order valence-corrected chi connectivity index (χ2v) is 6.69. The van der Waals surface area contributed by atoms with Crippen molar-refractivity contribution in [2.75, 3.05) is 6.54 Å². The third-order valence-corrected chi connectivity index (χ3v) is 4.35. The fraction of sp³-hybridized carbons (Fsp3) is 0.625. The molecule has 1 aliphatic rings. The molecule has 0 saturated carbocycles. The zero-order valence-corrected chi connectivity index (χ0v) is 11.6. The van der Waals surface area contributed by atoms with Gasteiger partial charge in [0.05, 0.1) is 0 Å². The molecule has 0 aliphatic heterocycles. The fourth-order valence-electron chi connectivity index (χ4n) is 2.96. The number of hydrogen-bond donors (Lipinski definition) is 1. The van der Waals surface area contributed by atoms with E-state index >= 15 is 0 Å². The van der Waals surface area contributed by atoms with Crippen LogP contribution in [-0.4, -0.2) is 6.54 Å². The molecule has 1 aromatic rings. The first-order valence-corrected chi connectivity index (χ1v) is 6.71. The standard InChI is InChI=1S/C16H25N/c1-15(2)8-9-16(3,4)14-11-12(7-10-17)5-6-13(14)15/h5-6,11H,7-10,17H2,1-4H3. The van der Waals surface area contributed by atoms with E-state index in [1.807, 2.05) is 0 Å². The van der Waals surface area contributed by atoms with Crippen LogP contribution in [0.3, 0.4) is 0 Å².